The van der Waals surface area contributed by atoms with Crippen LogP contribution in [0.1, 0.15) is 31.7 Å². The van der Waals surface area contributed by atoms with Gasteiger partial charge >= 0.3 is 0 Å². The highest BCUT2D eigenvalue weighted by Crippen LogP contribution is 2.44. The van der Waals surface area contributed by atoms with Crippen molar-refractivity contribution < 1.29 is 4.79 Å². The van der Waals surface area contributed by atoms with Gasteiger partial charge < -0.3 is 0 Å². The molecule has 1 aliphatic rings. The Hall–Kier alpha value is -1.28. The number of hydrogen-bond acceptors (Lipinski definition) is 2. The van der Waals surface area contributed by atoms with Crippen molar-refractivity contribution in [1.82, 2.24) is 0 Å². The molecule has 1 aromatic carbocycles. The highest BCUT2D eigenvalue weighted by Gasteiger charge is 2.34. The van der Waals surface area contributed by atoms with Crippen LogP contribution in [0, 0.1) is 5.92 Å². The smallest absolute Gasteiger partial charge is 0.160 e. The Morgan fingerprint density at radius 2 is 1.94 bits per heavy atom. The second-order valence-corrected chi connectivity index (χ2v) is 5.46. The zero-order chi connectivity index (χ0) is 13.3. The molecule has 0 saturated heterocycles. The van der Waals surface area contributed by atoms with Crippen molar-refractivity contribution in [2.24, 2.45) is 5.92 Å². The maximum atomic E-state index is 11.9. The van der Waals surface area contributed by atoms with Crippen LogP contribution < -0.4 is 0 Å². The molecule has 0 spiro atoms. The van der Waals surface area contributed by atoms with Crippen molar-refractivity contribution in [2.75, 3.05) is 0 Å². The summed E-state index contributed by atoms with van der Waals surface area (Å²) < 4.78 is 0. The highest BCUT2D eigenvalue weighted by molar-refractivity contribution is 7.84. The summed E-state index contributed by atoms with van der Waals surface area (Å²) in [5.41, 5.74) is 3.06. The van der Waals surface area contributed by atoms with Crippen LogP contribution in [0.25, 0.3) is 0 Å². The molecule has 2 unspecified atom stereocenters. The molecule has 2 heteroatoms. The number of carbonyl (C=O) groups excluding carboxylic acids is 1. The predicted molar refractivity (Wildman–Crippen MR) is 78.8 cm³/mol. The first kappa shape index (κ1) is 13.2. The summed E-state index contributed by atoms with van der Waals surface area (Å²) in [6.45, 7) is 7.91. The van der Waals surface area contributed by atoms with Crippen LogP contribution >= 0.6 is 12.6 Å². The van der Waals surface area contributed by atoms with Gasteiger partial charge in [-0.15, -0.1) is 12.6 Å². The van der Waals surface area contributed by atoms with E-state index in [1.807, 2.05) is 32.0 Å². The van der Waals surface area contributed by atoms with Gasteiger partial charge in [-0.3, -0.25) is 4.79 Å². The van der Waals surface area contributed by atoms with Crippen molar-refractivity contribution in [2.45, 2.75) is 26.2 Å². The molecule has 0 aliphatic heterocycles. The molecule has 0 bridgehead atoms. The van der Waals surface area contributed by atoms with Gasteiger partial charge in [0, 0.05) is 17.9 Å². The summed E-state index contributed by atoms with van der Waals surface area (Å²) in [4.78, 5) is 12.8. The number of rotatable bonds is 2. The first-order valence-corrected chi connectivity index (χ1v) is 6.60. The van der Waals surface area contributed by atoms with E-state index in [2.05, 4.69) is 31.3 Å². The molecule has 1 aromatic rings. The van der Waals surface area contributed by atoms with E-state index < -0.39 is 0 Å². The summed E-state index contributed by atoms with van der Waals surface area (Å²) in [6, 6.07) is 10.2. The Morgan fingerprint density at radius 1 is 1.33 bits per heavy atom. The molecule has 1 nitrogen and oxygen atoms in total. The first-order chi connectivity index (χ1) is 8.52. The van der Waals surface area contributed by atoms with E-state index in [-0.39, 0.29) is 17.6 Å². The molecule has 0 radical (unpaired) electrons. The van der Waals surface area contributed by atoms with Gasteiger partial charge in [0.2, 0.25) is 0 Å². The van der Waals surface area contributed by atoms with E-state index in [1.54, 1.807) is 0 Å². The highest BCUT2D eigenvalue weighted by atomic mass is 32.1. The molecule has 1 aliphatic carbocycles. The summed E-state index contributed by atoms with van der Waals surface area (Å²) in [5.74, 6) is 0.529. The average molecular weight is 258 g/mol. The SMILES string of the molecule is C=C(C)C1CC(=O)C(C)=C(S)C1c1ccccc1. The molecule has 0 aromatic heterocycles. The molecule has 0 heterocycles. The summed E-state index contributed by atoms with van der Waals surface area (Å²) in [7, 11) is 0. The van der Waals surface area contributed by atoms with E-state index in [0.29, 0.717) is 6.42 Å². The van der Waals surface area contributed by atoms with Crippen LogP contribution in [-0.2, 0) is 4.79 Å². The predicted octanol–water partition coefficient (Wildman–Crippen LogP) is 4.14. The van der Waals surface area contributed by atoms with Gasteiger partial charge in [0.25, 0.3) is 0 Å². The lowest BCUT2D eigenvalue weighted by Crippen LogP contribution is -2.25. The van der Waals surface area contributed by atoms with Crippen molar-refractivity contribution in [3.63, 3.8) is 0 Å². The third-order valence-corrected chi connectivity index (χ3v) is 4.31. The monoisotopic (exact) mass is 258 g/mol. The minimum absolute atomic E-state index is 0.163. The van der Waals surface area contributed by atoms with E-state index in [0.717, 1.165) is 16.1 Å². The van der Waals surface area contributed by atoms with E-state index in [9.17, 15) is 4.79 Å². The number of allylic oxidation sites excluding steroid dienone is 3. The topological polar surface area (TPSA) is 17.1 Å². The lowest BCUT2D eigenvalue weighted by molar-refractivity contribution is -0.116. The summed E-state index contributed by atoms with van der Waals surface area (Å²) in [6.07, 6.45) is 0.546. The normalized spacial score (nSPS) is 24.3. The van der Waals surface area contributed by atoms with Crippen molar-refractivity contribution >= 4 is 18.4 Å². The zero-order valence-corrected chi connectivity index (χ0v) is 11.7. The molecule has 0 N–H and O–H groups in total. The lowest BCUT2D eigenvalue weighted by atomic mass is 9.73. The van der Waals surface area contributed by atoms with Crippen LogP contribution in [0.3, 0.4) is 0 Å². The average Bonchev–Trinajstić information content (AvgIpc) is 2.36. The largest absolute Gasteiger partial charge is 0.295 e. The Balaban J connectivity index is 2.52. The Kier molecular flexibility index (Phi) is 3.76. The third-order valence-electron chi connectivity index (χ3n) is 3.70. The maximum Gasteiger partial charge on any atom is 0.160 e. The number of carbonyl (C=O) groups is 1. The fraction of sp³-hybridized carbons (Fsp3) is 0.312. The Bertz CT molecular complexity index is 513. The zero-order valence-electron chi connectivity index (χ0n) is 10.8. The van der Waals surface area contributed by atoms with Crippen LogP contribution in [0.5, 0.6) is 0 Å². The van der Waals surface area contributed by atoms with E-state index in [1.165, 1.54) is 5.56 Å². The molecule has 0 fully saturated rings. The number of thiol groups is 1. The van der Waals surface area contributed by atoms with Gasteiger partial charge in [-0.2, -0.15) is 0 Å². The molecule has 18 heavy (non-hydrogen) atoms. The lowest BCUT2D eigenvalue weighted by Gasteiger charge is -2.33. The standard InChI is InChI=1S/C16H18OS/c1-10(2)13-9-14(17)11(3)16(18)15(13)12-7-5-4-6-8-12/h4-8,13,15,18H,1,9H2,2-3H3. The molecular weight excluding hydrogens is 240 g/mol. The van der Waals surface area contributed by atoms with Gasteiger partial charge in [-0.1, -0.05) is 42.5 Å². The molecule has 0 saturated carbocycles. The molecule has 2 rings (SSSR count). The number of hydrogen-bond donors (Lipinski definition) is 1. The van der Waals surface area contributed by atoms with E-state index >= 15 is 0 Å². The number of Topliss-reactive ketones (excluding diaryl/α,β-unsaturated/α-hetero) is 1. The van der Waals surface area contributed by atoms with Crippen LogP contribution in [0.2, 0.25) is 0 Å². The van der Waals surface area contributed by atoms with Gasteiger partial charge in [0.15, 0.2) is 5.78 Å². The Morgan fingerprint density at radius 3 is 2.50 bits per heavy atom. The molecule has 2 atom stereocenters. The minimum Gasteiger partial charge on any atom is -0.295 e. The first-order valence-electron chi connectivity index (χ1n) is 6.15. The molecule has 94 valence electrons. The maximum absolute atomic E-state index is 11.9. The van der Waals surface area contributed by atoms with Crippen molar-refractivity contribution in [3.05, 3.63) is 58.5 Å². The van der Waals surface area contributed by atoms with Crippen molar-refractivity contribution in [1.29, 1.82) is 0 Å². The second kappa shape index (κ2) is 5.15. The van der Waals surface area contributed by atoms with Crippen LogP contribution in [0.15, 0.2) is 53.0 Å². The van der Waals surface area contributed by atoms with E-state index in [4.69, 9.17) is 0 Å². The minimum atomic E-state index is 0.163. The van der Waals surface area contributed by atoms with Gasteiger partial charge in [0.05, 0.1) is 0 Å². The third kappa shape index (κ3) is 2.30. The van der Waals surface area contributed by atoms with Crippen molar-refractivity contribution in [3.8, 4) is 0 Å². The van der Waals surface area contributed by atoms with Gasteiger partial charge in [-0.05, 0) is 30.2 Å². The molecular formula is C16H18OS. The number of ketones is 1. The van der Waals surface area contributed by atoms with Crippen LogP contribution in [0.4, 0.5) is 0 Å². The van der Waals surface area contributed by atoms with Crippen LogP contribution in [-0.4, -0.2) is 5.78 Å². The fourth-order valence-electron chi connectivity index (χ4n) is 2.55. The van der Waals surface area contributed by atoms with Gasteiger partial charge in [-0.25, -0.2) is 0 Å². The Labute approximate surface area is 114 Å². The van der Waals surface area contributed by atoms with Gasteiger partial charge in [0.1, 0.15) is 0 Å². The second-order valence-electron chi connectivity index (χ2n) is 4.98. The number of benzene rings is 1. The quantitative estimate of drug-likeness (QED) is 0.623. The summed E-state index contributed by atoms with van der Waals surface area (Å²) in [5, 5.41) is 0. The summed E-state index contributed by atoms with van der Waals surface area (Å²) >= 11 is 4.59. The molecule has 0 amide bonds. The fourth-order valence-corrected chi connectivity index (χ4v) is 3.00.